The first-order chi connectivity index (χ1) is 16.3. The van der Waals surface area contributed by atoms with Crippen molar-refractivity contribution in [1.29, 1.82) is 0 Å². The van der Waals surface area contributed by atoms with Crippen LogP contribution in [0.1, 0.15) is 12.5 Å². The van der Waals surface area contributed by atoms with Crippen LogP contribution in [0.5, 0.6) is 0 Å². The number of hydrogen-bond acceptors (Lipinski definition) is 6. The van der Waals surface area contributed by atoms with E-state index >= 15 is 0 Å². The summed E-state index contributed by atoms with van der Waals surface area (Å²) in [5.74, 6) is -1.47. The maximum absolute atomic E-state index is 12.9. The number of benzene rings is 2. The Labute approximate surface area is 204 Å². The van der Waals surface area contributed by atoms with Gasteiger partial charge in [-0.05, 0) is 55.1 Å². The monoisotopic (exact) mass is 497 g/mol. The van der Waals surface area contributed by atoms with Gasteiger partial charge in [0.25, 0.3) is 11.1 Å². The lowest BCUT2D eigenvalue weighted by atomic mass is 10.1. The van der Waals surface area contributed by atoms with Crippen LogP contribution in [0.15, 0.2) is 59.6 Å². The molecule has 1 atom stereocenters. The van der Waals surface area contributed by atoms with Crippen LogP contribution in [0.3, 0.4) is 0 Å². The normalized spacial score (nSPS) is 15.7. The lowest BCUT2D eigenvalue weighted by Gasteiger charge is -2.18. The summed E-state index contributed by atoms with van der Waals surface area (Å²) in [4.78, 5) is 50.8. The molecule has 1 aliphatic heterocycles. The molecule has 0 aliphatic carbocycles. The molecule has 1 aromatic heterocycles. The second-order valence-electron chi connectivity index (χ2n) is 7.54. The van der Waals surface area contributed by atoms with Gasteiger partial charge >= 0.3 is 5.97 Å². The van der Waals surface area contributed by atoms with Gasteiger partial charge in [0.05, 0.1) is 12.0 Å². The van der Waals surface area contributed by atoms with Gasteiger partial charge in [-0.1, -0.05) is 29.8 Å². The van der Waals surface area contributed by atoms with Crippen molar-refractivity contribution in [1.82, 2.24) is 9.47 Å². The molecule has 3 aromatic rings. The van der Waals surface area contributed by atoms with Crippen LogP contribution in [0.2, 0.25) is 5.02 Å². The largest absolute Gasteiger partial charge is 0.467 e. The Balaban J connectivity index is 1.61. The number of carbonyl (C=O) groups excluding carboxylic acids is 4. The zero-order valence-corrected chi connectivity index (χ0v) is 19.9. The van der Waals surface area contributed by atoms with Crippen molar-refractivity contribution >= 4 is 69.1 Å². The van der Waals surface area contributed by atoms with Gasteiger partial charge < -0.3 is 14.6 Å². The number of nitrogens with one attached hydrogen (secondary N) is 1. The quantitative estimate of drug-likeness (QED) is 0.397. The highest BCUT2D eigenvalue weighted by atomic mass is 35.5. The smallest absolute Gasteiger partial charge is 0.328 e. The molecule has 1 N–H and O–H groups in total. The topological polar surface area (TPSA) is 97.7 Å². The van der Waals surface area contributed by atoms with Crippen LogP contribution >= 0.6 is 23.4 Å². The number of carbonyl (C=O) groups is 4. The van der Waals surface area contributed by atoms with E-state index in [0.29, 0.717) is 16.3 Å². The number of ether oxygens (including phenoxy) is 1. The van der Waals surface area contributed by atoms with Crippen molar-refractivity contribution in [3.05, 3.63) is 70.2 Å². The summed E-state index contributed by atoms with van der Waals surface area (Å²) in [5.41, 5.74) is 2.09. The van der Waals surface area contributed by atoms with E-state index in [2.05, 4.69) is 10.1 Å². The molecule has 0 spiro atoms. The molecule has 0 unspecified atom stereocenters. The van der Waals surface area contributed by atoms with Crippen LogP contribution in [0.4, 0.5) is 10.5 Å². The summed E-state index contributed by atoms with van der Waals surface area (Å²) < 4.78 is 6.43. The SMILES string of the molecule is COC(=O)[C@H](C)N1C(=O)S/C(=C/c2cn(CC(=O)Nc3ccc(Cl)cc3)c3ccccc23)C1=O. The van der Waals surface area contributed by atoms with E-state index in [4.69, 9.17) is 11.6 Å². The molecule has 1 aliphatic rings. The number of anilines is 1. The van der Waals surface area contributed by atoms with Crippen LogP contribution < -0.4 is 5.32 Å². The lowest BCUT2D eigenvalue weighted by Crippen LogP contribution is -2.42. The highest BCUT2D eigenvalue weighted by Gasteiger charge is 2.41. The summed E-state index contributed by atoms with van der Waals surface area (Å²) in [6.07, 6.45) is 3.36. The van der Waals surface area contributed by atoms with Gasteiger partial charge in [0.15, 0.2) is 0 Å². The number of aromatic nitrogens is 1. The molecular formula is C24H20ClN3O5S. The number of rotatable bonds is 6. The highest BCUT2D eigenvalue weighted by molar-refractivity contribution is 8.18. The van der Waals surface area contributed by atoms with E-state index in [-0.39, 0.29) is 17.4 Å². The molecule has 0 saturated carbocycles. The van der Waals surface area contributed by atoms with E-state index in [1.54, 1.807) is 41.1 Å². The van der Waals surface area contributed by atoms with E-state index in [1.807, 2.05) is 24.3 Å². The number of nitrogens with zero attached hydrogens (tertiary/aromatic N) is 2. The van der Waals surface area contributed by atoms with Crippen LogP contribution in [0.25, 0.3) is 17.0 Å². The third-order valence-electron chi connectivity index (χ3n) is 5.30. The van der Waals surface area contributed by atoms with Crippen molar-refractivity contribution in [2.24, 2.45) is 0 Å². The summed E-state index contributed by atoms with van der Waals surface area (Å²) >= 11 is 6.65. The Morgan fingerprint density at radius 3 is 2.56 bits per heavy atom. The zero-order valence-electron chi connectivity index (χ0n) is 18.3. The summed E-state index contributed by atoms with van der Waals surface area (Å²) in [5, 5.41) is 3.67. The van der Waals surface area contributed by atoms with Crippen LogP contribution in [0, 0.1) is 0 Å². The van der Waals surface area contributed by atoms with Crippen molar-refractivity contribution < 1.29 is 23.9 Å². The number of amides is 3. The van der Waals surface area contributed by atoms with Gasteiger partial charge in [0, 0.05) is 33.4 Å². The number of esters is 1. The van der Waals surface area contributed by atoms with Gasteiger partial charge in [-0.25, -0.2) is 4.79 Å². The van der Waals surface area contributed by atoms with E-state index in [0.717, 1.165) is 27.6 Å². The van der Waals surface area contributed by atoms with E-state index in [9.17, 15) is 19.2 Å². The average Bonchev–Trinajstić information content (AvgIpc) is 3.30. The summed E-state index contributed by atoms with van der Waals surface area (Å²) in [6.45, 7) is 1.48. The number of imide groups is 1. The van der Waals surface area contributed by atoms with Crippen molar-refractivity contribution in [2.75, 3.05) is 12.4 Å². The average molecular weight is 498 g/mol. The van der Waals surface area contributed by atoms with Crippen molar-refractivity contribution in [3.8, 4) is 0 Å². The fourth-order valence-corrected chi connectivity index (χ4v) is 4.67. The molecule has 3 amide bonds. The molecule has 174 valence electrons. The minimum Gasteiger partial charge on any atom is -0.467 e. The number of methoxy groups -OCH3 is 1. The molecular weight excluding hydrogens is 478 g/mol. The first kappa shape index (κ1) is 23.6. The minimum absolute atomic E-state index is 0.0395. The predicted octanol–water partition coefficient (Wildman–Crippen LogP) is 4.53. The van der Waals surface area contributed by atoms with Gasteiger partial charge in [-0.2, -0.15) is 0 Å². The lowest BCUT2D eigenvalue weighted by molar-refractivity contribution is -0.148. The van der Waals surface area contributed by atoms with Gasteiger partial charge in [-0.15, -0.1) is 0 Å². The second kappa shape index (κ2) is 9.74. The van der Waals surface area contributed by atoms with Gasteiger partial charge in [-0.3, -0.25) is 19.3 Å². The minimum atomic E-state index is -1.03. The first-order valence-electron chi connectivity index (χ1n) is 10.3. The predicted molar refractivity (Wildman–Crippen MR) is 131 cm³/mol. The number of fused-ring (bicyclic) bond motifs is 1. The maximum Gasteiger partial charge on any atom is 0.328 e. The number of halogens is 1. The molecule has 2 heterocycles. The van der Waals surface area contributed by atoms with Crippen LogP contribution in [-0.4, -0.2) is 45.6 Å². The molecule has 1 saturated heterocycles. The van der Waals surface area contributed by atoms with Crippen molar-refractivity contribution in [3.63, 3.8) is 0 Å². The van der Waals surface area contributed by atoms with Crippen molar-refractivity contribution in [2.45, 2.75) is 19.5 Å². The van der Waals surface area contributed by atoms with E-state index in [1.165, 1.54) is 14.0 Å². The summed E-state index contributed by atoms with van der Waals surface area (Å²) in [7, 11) is 1.20. The Morgan fingerprint density at radius 1 is 1.15 bits per heavy atom. The highest BCUT2D eigenvalue weighted by Crippen LogP contribution is 2.35. The molecule has 2 aromatic carbocycles. The van der Waals surface area contributed by atoms with E-state index < -0.39 is 23.2 Å². The Hall–Kier alpha value is -3.56. The number of para-hydroxylation sites is 1. The van der Waals surface area contributed by atoms with Gasteiger partial charge in [0.2, 0.25) is 5.91 Å². The van der Waals surface area contributed by atoms with Crippen LogP contribution in [-0.2, 0) is 25.7 Å². The third kappa shape index (κ3) is 4.71. The molecule has 10 heteroatoms. The molecule has 4 rings (SSSR count). The van der Waals surface area contributed by atoms with Gasteiger partial charge in [0.1, 0.15) is 12.6 Å². The molecule has 8 nitrogen and oxygen atoms in total. The summed E-state index contributed by atoms with van der Waals surface area (Å²) in [6, 6.07) is 13.2. The second-order valence-corrected chi connectivity index (χ2v) is 8.97. The molecule has 34 heavy (non-hydrogen) atoms. The number of thioether (sulfide) groups is 1. The Kier molecular flexibility index (Phi) is 6.76. The third-order valence-corrected chi connectivity index (χ3v) is 6.44. The molecule has 0 radical (unpaired) electrons. The Morgan fingerprint density at radius 2 is 1.85 bits per heavy atom. The zero-order chi connectivity index (χ0) is 24.4. The fraction of sp³-hybridized carbons (Fsp3) is 0.167. The fourth-order valence-electron chi connectivity index (χ4n) is 3.64. The first-order valence-corrected chi connectivity index (χ1v) is 11.5. The molecule has 1 fully saturated rings. The number of hydrogen-bond donors (Lipinski definition) is 1. The standard InChI is InChI=1S/C24H20ClN3O5S/c1-14(23(31)33-2)28-22(30)20(34-24(28)32)11-15-12-27(19-6-4-3-5-18(15)19)13-21(29)26-17-9-7-16(25)8-10-17/h3-12,14H,13H2,1-2H3,(H,26,29)/b20-11+/t14-/m0/s1. The maximum atomic E-state index is 12.9. The molecule has 0 bridgehead atoms. The Bertz CT molecular complexity index is 1330.